The molecule has 0 spiro atoms. The normalized spacial score (nSPS) is 15.3. The van der Waals surface area contributed by atoms with Gasteiger partial charge < -0.3 is 14.8 Å². The van der Waals surface area contributed by atoms with Gasteiger partial charge in [-0.05, 0) is 83.4 Å². The van der Waals surface area contributed by atoms with Crippen LogP contribution >= 0.6 is 0 Å². The summed E-state index contributed by atoms with van der Waals surface area (Å²) >= 11 is 0. The summed E-state index contributed by atoms with van der Waals surface area (Å²) in [6, 6.07) is 30.0. The summed E-state index contributed by atoms with van der Waals surface area (Å²) in [6.45, 7) is 0. The standard InChI is InChI=1S/C40H31N5O10S2/c1-54-34-19-23(12-16-31(34)42-44-33-22-36(56(48,49)50)29-10-6-7-11-30(29)39(33)46)24-13-17-32(35(20-24)55-2)43-45-38-37(57(51,52)53)21-25-18-27(14-15-28(25)40(38)47)41-26-8-4-3-5-9-26/h3-22,41-43H,1-2H3,(H,48,49,50)(H,51,52,53)/b44-33-,45-38+. The van der Waals surface area contributed by atoms with E-state index >= 15 is 0 Å². The predicted octanol–water partition coefficient (Wildman–Crippen LogP) is 6.90. The fraction of sp³-hybridized carbons (Fsp3) is 0.0500. The summed E-state index contributed by atoms with van der Waals surface area (Å²) in [5, 5.41) is 11.4. The maximum absolute atomic E-state index is 13.6. The predicted molar refractivity (Wildman–Crippen MR) is 217 cm³/mol. The van der Waals surface area contributed by atoms with E-state index in [4.69, 9.17) is 9.47 Å². The molecule has 17 heteroatoms. The van der Waals surface area contributed by atoms with Gasteiger partial charge in [0.1, 0.15) is 27.0 Å². The number of ketones is 2. The number of para-hydroxylation sites is 1. The van der Waals surface area contributed by atoms with E-state index < -0.39 is 47.3 Å². The van der Waals surface area contributed by atoms with Crippen LogP contribution in [0.5, 0.6) is 11.5 Å². The van der Waals surface area contributed by atoms with E-state index in [0.717, 1.165) is 11.8 Å². The van der Waals surface area contributed by atoms with Crippen molar-refractivity contribution < 1.29 is 45.0 Å². The lowest BCUT2D eigenvalue weighted by molar-refractivity contribution is 0.105. The van der Waals surface area contributed by atoms with Crippen LogP contribution in [-0.4, -0.2) is 63.2 Å². The number of carbonyl (C=O) groups excluding carboxylic acids is 2. The number of carbonyl (C=O) groups is 2. The van der Waals surface area contributed by atoms with Crippen molar-refractivity contribution in [3.05, 3.63) is 142 Å². The van der Waals surface area contributed by atoms with Crippen LogP contribution in [0.3, 0.4) is 0 Å². The molecule has 0 saturated heterocycles. The smallest absolute Gasteiger partial charge is 0.296 e. The van der Waals surface area contributed by atoms with E-state index in [-0.39, 0.29) is 39.4 Å². The number of anilines is 4. The lowest BCUT2D eigenvalue weighted by Gasteiger charge is -2.18. The average molecular weight is 806 g/mol. The minimum atomic E-state index is -4.89. The summed E-state index contributed by atoms with van der Waals surface area (Å²) in [5.41, 5.74) is 8.48. The lowest BCUT2D eigenvalue weighted by atomic mass is 9.94. The second kappa shape index (κ2) is 15.3. The average Bonchev–Trinajstić information content (AvgIpc) is 3.19. The summed E-state index contributed by atoms with van der Waals surface area (Å²) in [5.74, 6) is -0.719. The van der Waals surface area contributed by atoms with Gasteiger partial charge in [0.25, 0.3) is 20.2 Å². The minimum absolute atomic E-state index is 0.0609. The molecule has 0 aliphatic heterocycles. The lowest BCUT2D eigenvalue weighted by Crippen LogP contribution is -2.27. The van der Waals surface area contributed by atoms with Crippen molar-refractivity contribution in [1.29, 1.82) is 0 Å². The Hall–Kier alpha value is -6.92. The van der Waals surface area contributed by atoms with Crippen molar-refractivity contribution in [3.63, 3.8) is 0 Å². The number of ether oxygens (including phenoxy) is 2. The van der Waals surface area contributed by atoms with Crippen LogP contribution < -0.4 is 25.6 Å². The van der Waals surface area contributed by atoms with Gasteiger partial charge in [0.15, 0.2) is 5.71 Å². The number of hydrazone groups is 2. The van der Waals surface area contributed by atoms with E-state index in [1.54, 1.807) is 66.7 Å². The van der Waals surface area contributed by atoms with Crippen molar-refractivity contribution in [2.24, 2.45) is 10.2 Å². The highest BCUT2D eigenvalue weighted by Crippen LogP contribution is 2.36. The van der Waals surface area contributed by atoms with E-state index in [1.807, 2.05) is 30.3 Å². The Morgan fingerprint density at radius 3 is 1.74 bits per heavy atom. The van der Waals surface area contributed by atoms with E-state index in [0.29, 0.717) is 28.3 Å². The number of fused-ring (bicyclic) bond motifs is 2. The number of hydrogen-bond donors (Lipinski definition) is 5. The van der Waals surface area contributed by atoms with Gasteiger partial charge in [-0.15, -0.1) is 0 Å². The molecule has 57 heavy (non-hydrogen) atoms. The Bertz CT molecular complexity index is 2830. The molecule has 0 fully saturated rings. The highest BCUT2D eigenvalue weighted by atomic mass is 32.2. The molecule has 5 aromatic carbocycles. The number of methoxy groups -OCH3 is 2. The SMILES string of the molecule is COc1cc(-c2ccc(N/N=C3/C(=O)c4ccc(Nc5ccccc5)cc4C=C3S(=O)(=O)O)c(OC)c2)ccc1N/N=C1/C=C(S(=O)(=O)O)c2ccccc2C1=O. The van der Waals surface area contributed by atoms with Crippen LogP contribution in [0, 0.1) is 0 Å². The molecule has 2 aliphatic carbocycles. The van der Waals surface area contributed by atoms with Crippen molar-refractivity contribution in [2.45, 2.75) is 0 Å². The van der Waals surface area contributed by atoms with Gasteiger partial charge in [0.2, 0.25) is 11.6 Å². The molecule has 0 amide bonds. The molecule has 0 radical (unpaired) electrons. The zero-order chi connectivity index (χ0) is 40.5. The number of hydrogen-bond acceptors (Lipinski definition) is 13. The third kappa shape index (κ3) is 7.94. The largest absolute Gasteiger partial charge is 0.494 e. The van der Waals surface area contributed by atoms with Crippen LogP contribution in [0.25, 0.3) is 22.1 Å². The molecule has 2 aliphatic rings. The van der Waals surface area contributed by atoms with Gasteiger partial charge in [-0.2, -0.15) is 27.0 Å². The van der Waals surface area contributed by atoms with Crippen molar-refractivity contribution in [1.82, 2.24) is 0 Å². The fourth-order valence-electron chi connectivity index (χ4n) is 6.17. The zero-order valence-corrected chi connectivity index (χ0v) is 31.6. The molecule has 5 N–H and O–H groups in total. The minimum Gasteiger partial charge on any atom is -0.494 e. The first-order chi connectivity index (χ1) is 27.2. The third-order valence-electron chi connectivity index (χ3n) is 8.91. The van der Waals surface area contributed by atoms with Crippen molar-refractivity contribution in [3.8, 4) is 22.6 Å². The molecule has 288 valence electrons. The highest BCUT2D eigenvalue weighted by Gasteiger charge is 2.33. The molecule has 0 saturated carbocycles. The maximum atomic E-state index is 13.6. The van der Waals surface area contributed by atoms with Crippen LogP contribution in [0.1, 0.15) is 31.8 Å². The number of allylic oxidation sites excluding steroid dienone is 2. The van der Waals surface area contributed by atoms with Gasteiger partial charge in [-0.1, -0.05) is 54.6 Å². The van der Waals surface area contributed by atoms with Crippen LogP contribution in [0.2, 0.25) is 0 Å². The first-order valence-corrected chi connectivity index (χ1v) is 19.7. The Morgan fingerprint density at radius 2 is 1.14 bits per heavy atom. The molecule has 0 bridgehead atoms. The number of Topliss-reactive ketones (excluding diaryl/α,β-unsaturated/α-hetero) is 2. The summed E-state index contributed by atoms with van der Waals surface area (Å²) in [6.07, 6.45) is 2.17. The van der Waals surface area contributed by atoms with Crippen molar-refractivity contribution >= 4 is 77.0 Å². The topological polar surface area (TPSA) is 222 Å². The number of rotatable bonds is 11. The monoisotopic (exact) mass is 805 g/mol. The van der Waals surface area contributed by atoms with Gasteiger partial charge in [0, 0.05) is 28.1 Å². The Morgan fingerprint density at radius 1 is 0.561 bits per heavy atom. The van der Waals surface area contributed by atoms with Gasteiger partial charge in [-0.25, -0.2) is 0 Å². The Labute approximate surface area is 326 Å². The summed E-state index contributed by atoms with van der Waals surface area (Å²) in [4.78, 5) is 25.5. The molecular formula is C40H31N5O10S2. The second-order valence-corrected chi connectivity index (χ2v) is 15.3. The van der Waals surface area contributed by atoms with E-state index in [9.17, 15) is 35.5 Å². The van der Waals surface area contributed by atoms with Crippen molar-refractivity contribution in [2.75, 3.05) is 30.4 Å². The number of nitrogens with one attached hydrogen (secondary N) is 3. The van der Waals surface area contributed by atoms with Gasteiger partial charge >= 0.3 is 0 Å². The molecule has 0 atom stereocenters. The molecule has 0 heterocycles. The van der Waals surface area contributed by atoms with E-state index in [2.05, 4.69) is 26.4 Å². The first-order valence-electron chi connectivity index (χ1n) is 16.8. The van der Waals surface area contributed by atoms with E-state index in [1.165, 1.54) is 32.4 Å². The maximum Gasteiger partial charge on any atom is 0.296 e. The highest BCUT2D eigenvalue weighted by molar-refractivity contribution is 7.95. The Kier molecular flexibility index (Phi) is 10.3. The van der Waals surface area contributed by atoms with Crippen LogP contribution in [-0.2, 0) is 20.2 Å². The zero-order valence-electron chi connectivity index (χ0n) is 29.9. The quantitative estimate of drug-likeness (QED) is 0.0678. The summed E-state index contributed by atoms with van der Waals surface area (Å²) in [7, 11) is -6.74. The molecule has 5 aromatic rings. The van der Waals surface area contributed by atoms with Gasteiger partial charge in [0.05, 0.1) is 25.6 Å². The van der Waals surface area contributed by atoms with Crippen LogP contribution in [0.4, 0.5) is 22.7 Å². The molecule has 0 aromatic heterocycles. The molecule has 15 nitrogen and oxygen atoms in total. The Balaban J connectivity index is 1.13. The second-order valence-electron chi connectivity index (χ2n) is 12.5. The third-order valence-corrected chi connectivity index (χ3v) is 10.7. The first kappa shape index (κ1) is 38.4. The van der Waals surface area contributed by atoms with Gasteiger partial charge in [-0.3, -0.25) is 29.5 Å². The summed E-state index contributed by atoms with van der Waals surface area (Å²) < 4.78 is 80.2. The number of benzene rings is 5. The fourth-order valence-corrected chi connectivity index (χ4v) is 7.54. The van der Waals surface area contributed by atoms with Crippen LogP contribution in [0.15, 0.2) is 130 Å². The molecule has 0 unspecified atom stereocenters. The molecular weight excluding hydrogens is 775 g/mol. The number of nitrogens with zero attached hydrogens (tertiary/aromatic N) is 2. The molecule has 7 rings (SSSR count).